The number of aryl methyl sites for hydroxylation is 2. The molecule has 5 nitrogen and oxygen atoms in total. The second kappa shape index (κ2) is 9.55. The third-order valence-electron chi connectivity index (χ3n) is 4.40. The number of carbonyl (C=O) groups is 1. The van der Waals surface area contributed by atoms with Crippen LogP contribution in [0, 0.1) is 6.92 Å². The minimum Gasteiger partial charge on any atom is -0.354 e. The van der Waals surface area contributed by atoms with E-state index in [-0.39, 0.29) is 5.91 Å². The lowest BCUT2D eigenvalue weighted by Gasteiger charge is -2.30. The number of amides is 1. The van der Waals surface area contributed by atoms with Gasteiger partial charge in [0, 0.05) is 6.54 Å². The van der Waals surface area contributed by atoms with E-state index in [0.29, 0.717) is 18.7 Å². The summed E-state index contributed by atoms with van der Waals surface area (Å²) in [6.45, 7) is 4.38. The van der Waals surface area contributed by atoms with Crippen molar-refractivity contribution in [1.29, 1.82) is 0 Å². The van der Waals surface area contributed by atoms with Gasteiger partial charge in [0.1, 0.15) is 6.04 Å². The van der Waals surface area contributed by atoms with Crippen LogP contribution in [0.4, 0.5) is 5.69 Å². The number of nitrogens with zero attached hydrogens (tertiary/aromatic N) is 1. The highest BCUT2D eigenvalue weighted by atomic mass is 32.2. The van der Waals surface area contributed by atoms with Gasteiger partial charge in [-0.1, -0.05) is 55.0 Å². The first-order chi connectivity index (χ1) is 12.8. The van der Waals surface area contributed by atoms with Crippen molar-refractivity contribution < 1.29 is 13.2 Å². The molecule has 2 aromatic carbocycles. The largest absolute Gasteiger partial charge is 0.354 e. The molecule has 146 valence electrons. The maximum absolute atomic E-state index is 12.7. The van der Waals surface area contributed by atoms with Gasteiger partial charge in [-0.3, -0.25) is 9.10 Å². The zero-order valence-corrected chi connectivity index (χ0v) is 17.0. The number of para-hydroxylation sites is 1. The van der Waals surface area contributed by atoms with Gasteiger partial charge in [0.05, 0.1) is 11.9 Å². The van der Waals surface area contributed by atoms with Gasteiger partial charge in [-0.05, 0) is 43.9 Å². The quantitative estimate of drug-likeness (QED) is 0.671. The summed E-state index contributed by atoms with van der Waals surface area (Å²) in [7, 11) is -3.58. The lowest BCUT2D eigenvalue weighted by Crippen LogP contribution is -2.49. The molecule has 0 saturated carbocycles. The molecule has 2 aromatic rings. The van der Waals surface area contributed by atoms with Gasteiger partial charge in [0.2, 0.25) is 15.9 Å². The van der Waals surface area contributed by atoms with Crippen LogP contribution in [0.2, 0.25) is 0 Å². The number of rotatable bonds is 9. The molecule has 0 saturated heterocycles. The van der Waals surface area contributed by atoms with Crippen molar-refractivity contribution in [3.63, 3.8) is 0 Å². The van der Waals surface area contributed by atoms with Crippen molar-refractivity contribution in [3.8, 4) is 0 Å². The van der Waals surface area contributed by atoms with Crippen molar-refractivity contribution in [2.24, 2.45) is 0 Å². The van der Waals surface area contributed by atoms with E-state index in [1.54, 1.807) is 24.3 Å². The zero-order valence-electron chi connectivity index (χ0n) is 16.2. The van der Waals surface area contributed by atoms with Gasteiger partial charge in [-0.15, -0.1) is 0 Å². The lowest BCUT2D eigenvalue weighted by atomic mass is 10.1. The summed E-state index contributed by atoms with van der Waals surface area (Å²) in [6, 6.07) is 16.3. The van der Waals surface area contributed by atoms with Crippen molar-refractivity contribution in [2.75, 3.05) is 17.1 Å². The Labute approximate surface area is 162 Å². The Balaban J connectivity index is 1.99. The van der Waals surface area contributed by atoms with E-state index in [2.05, 4.69) is 36.5 Å². The Hall–Kier alpha value is -2.34. The molecule has 1 N–H and O–H groups in total. The van der Waals surface area contributed by atoms with Crippen LogP contribution in [0.1, 0.15) is 30.9 Å². The average Bonchev–Trinajstić information content (AvgIpc) is 2.64. The van der Waals surface area contributed by atoms with E-state index in [4.69, 9.17) is 0 Å². The SMILES string of the molecule is CC[C@H](C(=O)NCCCc1ccc(C)cc1)N(c1ccccc1)S(C)(=O)=O. The third kappa shape index (κ3) is 6.10. The van der Waals surface area contributed by atoms with Crippen molar-refractivity contribution in [2.45, 2.75) is 39.2 Å². The predicted octanol–water partition coefficient (Wildman–Crippen LogP) is 3.29. The van der Waals surface area contributed by atoms with E-state index in [0.717, 1.165) is 19.1 Å². The van der Waals surface area contributed by atoms with Gasteiger partial charge in [-0.25, -0.2) is 8.42 Å². The minimum atomic E-state index is -3.58. The highest BCUT2D eigenvalue weighted by Gasteiger charge is 2.31. The molecule has 27 heavy (non-hydrogen) atoms. The normalized spacial score (nSPS) is 12.4. The molecule has 0 fully saturated rings. The van der Waals surface area contributed by atoms with Crippen molar-refractivity contribution >= 4 is 21.6 Å². The van der Waals surface area contributed by atoms with E-state index >= 15 is 0 Å². The lowest BCUT2D eigenvalue weighted by molar-refractivity contribution is -0.122. The fourth-order valence-electron chi connectivity index (χ4n) is 3.01. The van der Waals surface area contributed by atoms with E-state index in [1.165, 1.54) is 15.4 Å². The first kappa shape index (κ1) is 21.0. The molecule has 0 aliphatic rings. The second-order valence-corrected chi connectivity index (χ2v) is 8.56. The van der Waals surface area contributed by atoms with Crippen LogP contribution in [0.3, 0.4) is 0 Å². The van der Waals surface area contributed by atoms with Crippen LogP contribution >= 0.6 is 0 Å². The Morgan fingerprint density at radius 3 is 2.26 bits per heavy atom. The third-order valence-corrected chi connectivity index (χ3v) is 5.58. The van der Waals surface area contributed by atoms with Crippen LogP contribution in [-0.4, -0.2) is 33.2 Å². The Kier molecular flexibility index (Phi) is 7.42. The van der Waals surface area contributed by atoms with Gasteiger partial charge in [0.25, 0.3) is 0 Å². The fraction of sp³-hybridized carbons (Fsp3) is 0.381. The van der Waals surface area contributed by atoms with E-state index in [1.807, 2.05) is 13.0 Å². The highest BCUT2D eigenvalue weighted by molar-refractivity contribution is 7.92. The number of carbonyl (C=O) groups excluding carboxylic acids is 1. The summed E-state index contributed by atoms with van der Waals surface area (Å²) in [5.41, 5.74) is 2.95. The molecule has 0 spiro atoms. The second-order valence-electron chi connectivity index (χ2n) is 6.70. The molecule has 0 aliphatic heterocycles. The van der Waals surface area contributed by atoms with E-state index in [9.17, 15) is 13.2 Å². The molecule has 0 bridgehead atoms. The number of nitrogens with one attached hydrogen (secondary N) is 1. The maximum atomic E-state index is 12.7. The number of benzene rings is 2. The smallest absolute Gasteiger partial charge is 0.243 e. The monoisotopic (exact) mass is 388 g/mol. The van der Waals surface area contributed by atoms with Crippen molar-refractivity contribution in [1.82, 2.24) is 5.32 Å². The molecule has 0 aromatic heterocycles. The Morgan fingerprint density at radius 2 is 1.70 bits per heavy atom. The summed E-state index contributed by atoms with van der Waals surface area (Å²) < 4.78 is 25.9. The van der Waals surface area contributed by atoms with Crippen LogP contribution < -0.4 is 9.62 Å². The van der Waals surface area contributed by atoms with E-state index < -0.39 is 16.1 Å². The Bertz CT molecular complexity index is 833. The van der Waals surface area contributed by atoms with Gasteiger partial charge in [0.15, 0.2) is 0 Å². The van der Waals surface area contributed by atoms with Gasteiger partial charge in [-0.2, -0.15) is 0 Å². The first-order valence-corrected chi connectivity index (χ1v) is 11.1. The molecule has 1 atom stereocenters. The summed E-state index contributed by atoms with van der Waals surface area (Å²) in [5, 5.41) is 2.89. The number of hydrogen-bond donors (Lipinski definition) is 1. The van der Waals surface area contributed by atoms with Crippen LogP contribution in [0.25, 0.3) is 0 Å². The van der Waals surface area contributed by atoms with Crippen LogP contribution in [0.15, 0.2) is 54.6 Å². The topological polar surface area (TPSA) is 66.5 Å². The molecule has 2 rings (SSSR count). The summed E-state index contributed by atoms with van der Waals surface area (Å²) in [6.07, 6.45) is 3.19. The Morgan fingerprint density at radius 1 is 1.07 bits per heavy atom. The molecule has 0 heterocycles. The molecule has 0 unspecified atom stereocenters. The standard InChI is InChI=1S/C21H28N2O3S/c1-4-20(23(27(3,25)26)19-10-6-5-7-11-19)21(24)22-16-8-9-18-14-12-17(2)13-15-18/h5-7,10-15,20H,4,8-9,16H2,1-3H3,(H,22,24)/t20-/m1/s1. The first-order valence-electron chi connectivity index (χ1n) is 9.20. The average molecular weight is 389 g/mol. The number of sulfonamides is 1. The molecule has 1 amide bonds. The molecule has 0 aliphatic carbocycles. The summed E-state index contributed by atoms with van der Waals surface area (Å²) in [5.74, 6) is -0.268. The fourth-order valence-corrected chi connectivity index (χ4v) is 4.22. The summed E-state index contributed by atoms with van der Waals surface area (Å²) in [4.78, 5) is 12.7. The van der Waals surface area contributed by atoms with Gasteiger partial charge >= 0.3 is 0 Å². The minimum absolute atomic E-state index is 0.268. The number of hydrogen-bond acceptors (Lipinski definition) is 3. The predicted molar refractivity (Wildman–Crippen MR) is 110 cm³/mol. The number of anilines is 1. The van der Waals surface area contributed by atoms with Crippen molar-refractivity contribution in [3.05, 3.63) is 65.7 Å². The zero-order chi connectivity index (χ0) is 19.9. The molecular formula is C21H28N2O3S. The maximum Gasteiger partial charge on any atom is 0.243 e. The molecule has 0 radical (unpaired) electrons. The van der Waals surface area contributed by atoms with Crippen LogP contribution in [0.5, 0.6) is 0 Å². The highest BCUT2D eigenvalue weighted by Crippen LogP contribution is 2.22. The summed E-state index contributed by atoms with van der Waals surface area (Å²) >= 11 is 0. The van der Waals surface area contributed by atoms with Crippen LogP contribution in [-0.2, 0) is 21.2 Å². The molecular weight excluding hydrogens is 360 g/mol. The van der Waals surface area contributed by atoms with Gasteiger partial charge < -0.3 is 5.32 Å². The molecule has 6 heteroatoms.